The van der Waals surface area contributed by atoms with Crippen LogP contribution < -0.4 is 0 Å². The molecule has 0 saturated heterocycles. The highest BCUT2D eigenvalue weighted by Crippen LogP contribution is 2.62. The van der Waals surface area contributed by atoms with Gasteiger partial charge in [0, 0.05) is 38.6 Å². The highest BCUT2D eigenvalue weighted by atomic mass is 32.2. The van der Waals surface area contributed by atoms with Gasteiger partial charge >= 0.3 is 0 Å². The lowest BCUT2D eigenvalue weighted by atomic mass is 9.67. The van der Waals surface area contributed by atoms with Crippen LogP contribution in [-0.4, -0.2) is 16.5 Å². The van der Waals surface area contributed by atoms with Gasteiger partial charge in [-0.15, -0.1) is 0 Å². The molecule has 2 aromatic heterocycles. The molecule has 1 aliphatic carbocycles. The van der Waals surface area contributed by atoms with Crippen LogP contribution in [0.4, 0.5) is 0 Å². The average molecular weight is 859 g/mol. The molecule has 2 aliphatic heterocycles. The van der Waals surface area contributed by atoms with Crippen molar-refractivity contribution in [3.8, 4) is 39.4 Å². The Morgan fingerprint density at radius 1 is 0.515 bits per heavy atom. The number of aliphatic imine (C=N–C) groups is 2. The molecule has 0 unspecified atom stereocenters. The highest BCUT2D eigenvalue weighted by Gasteiger charge is 2.50. The fraction of sp³-hybridized carbons (Fsp3) is 0.0167. The Morgan fingerprint density at radius 2 is 1.15 bits per heavy atom. The molecule has 66 heavy (non-hydrogen) atoms. The molecule has 3 aliphatic rings. The Bertz CT molecular complexity index is 3800. The third-order valence-electron chi connectivity index (χ3n) is 13.1. The fourth-order valence-electron chi connectivity index (χ4n) is 10.2. The lowest BCUT2D eigenvalue weighted by molar-refractivity contribution is 0.668. The Morgan fingerprint density at radius 3 is 1.94 bits per heavy atom. The van der Waals surface area contributed by atoms with E-state index in [1.54, 1.807) is 6.20 Å². The molecule has 0 N–H and O–H groups in total. The number of amidine groups is 1. The summed E-state index contributed by atoms with van der Waals surface area (Å²) in [5, 5.41) is 11.6. The van der Waals surface area contributed by atoms with Crippen molar-refractivity contribution in [1.82, 2.24) is 4.98 Å². The number of nitriles is 1. The maximum atomic E-state index is 9.80. The van der Waals surface area contributed by atoms with Crippen molar-refractivity contribution in [2.75, 3.05) is 0 Å². The van der Waals surface area contributed by atoms with Gasteiger partial charge in [-0.1, -0.05) is 169 Å². The topological polar surface area (TPSA) is 74.5 Å². The van der Waals surface area contributed by atoms with E-state index in [1.807, 2.05) is 103 Å². The Balaban J connectivity index is 0.968. The Hall–Kier alpha value is -8.59. The number of rotatable bonds is 5. The molecule has 8 aromatic carbocycles. The van der Waals surface area contributed by atoms with Gasteiger partial charge in [0.05, 0.1) is 28.1 Å². The Labute approximate surface area is 385 Å². The first-order valence-corrected chi connectivity index (χ1v) is 22.7. The second-order valence-corrected chi connectivity index (χ2v) is 17.8. The lowest BCUT2D eigenvalue weighted by Crippen LogP contribution is -2.31. The SMILES string of the molecule is N#Cc1ccccc1-c1ccc(C2=NC(c3nccc4oc5ccc(-c6ccc7c(c6)C6(c8ccccc8Sc8ccccc86)c6ccccc6-7)cc5c34)=C=CC(c3ccccc3)=N2)cc1. The molecule has 0 fully saturated rings. The van der Waals surface area contributed by atoms with Gasteiger partial charge in [-0.05, 0) is 98.1 Å². The molecule has 0 atom stereocenters. The average Bonchev–Trinajstić information content (AvgIpc) is 3.80. The minimum Gasteiger partial charge on any atom is -0.456 e. The van der Waals surface area contributed by atoms with E-state index < -0.39 is 5.41 Å². The largest absolute Gasteiger partial charge is 0.456 e. The minimum atomic E-state index is -0.472. The number of pyridine rings is 1. The van der Waals surface area contributed by atoms with E-state index in [9.17, 15) is 5.26 Å². The summed E-state index contributed by atoms with van der Waals surface area (Å²) >= 11 is 1.86. The molecule has 306 valence electrons. The molecule has 1 spiro atoms. The number of hydrogen-bond acceptors (Lipinski definition) is 6. The second-order valence-electron chi connectivity index (χ2n) is 16.7. The molecule has 0 radical (unpaired) electrons. The van der Waals surface area contributed by atoms with Crippen molar-refractivity contribution in [1.29, 1.82) is 5.26 Å². The number of hydrogen-bond donors (Lipinski definition) is 0. The summed E-state index contributed by atoms with van der Waals surface area (Å²) in [6.45, 7) is 0. The van der Waals surface area contributed by atoms with Gasteiger partial charge in [0.15, 0.2) is 5.84 Å². The molecular weight excluding hydrogens is 825 g/mol. The van der Waals surface area contributed by atoms with Crippen molar-refractivity contribution in [2.24, 2.45) is 9.98 Å². The monoisotopic (exact) mass is 858 g/mol. The number of benzene rings is 8. The van der Waals surface area contributed by atoms with E-state index in [0.29, 0.717) is 28.4 Å². The zero-order chi connectivity index (χ0) is 43.8. The first-order chi connectivity index (χ1) is 32.7. The molecule has 0 bridgehead atoms. The third-order valence-corrected chi connectivity index (χ3v) is 14.3. The summed E-state index contributed by atoms with van der Waals surface area (Å²) in [5.41, 5.74) is 20.6. The van der Waals surface area contributed by atoms with Crippen molar-refractivity contribution in [3.63, 3.8) is 0 Å². The van der Waals surface area contributed by atoms with Gasteiger partial charge in [0.2, 0.25) is 0 Å². The fourth-order valence-corrected chi connectivity index (χ4v) is 11.4. The Kier molecular flexibility index (Phi) is 8.62. The zero-order valence-corrected chi connectivity index (χ0v) is 36.1. The van der Waals surface area contributed by atoms with Crippen LogP contribution in [0.1, 0.15) is 44.6 Å². The highest BCUT2D eigenvalue weighted by molar-refractivity contribution is 7.99. The van der Waals surface area contributed by atoms with E-state index in [0.717, 1.165) is 55.4 Å². The van der Waals surface area contributed by atoms with Gasteiger partial charge in [-0.2, -0.15) is 5.26 Å². The first-order valence-electron chi connectivity index (χ1n) is 21.9. The maximum Gasteiger partial charge on any atom is 0.161 e. The van der Waals surface area contributed by atoms with Crippen LogP contribution in [0.2, 0.25) is 0 Å². The molecule has 0 amide bonds. The molecular formula is C60H34N4OS. The van der Waals surface area contributed by atoms with Crippen LogP contribution in [0.3, 0.4) is 0 Å². The molecule has 5 nitrogen and oxygen atoms in total. The van der Waals surface area contributed by atoms with Crippen LogP contribution in [0.5, 0.6) is 0 Å². The normalized spacial score (nSPS) is 14.1. The van der Waals surface area contributed by atoms with E-state index in [-0.39, 0.29) is 0 Å². The van der Waals surface area contributed by atoms with Crippen molar-refractivity contribution in [2.45, 2.75) is 15.2 Å². The standard InChI is InChI=1S/C60H34N4OS/c61-36-42-14-4-5-15-43(42)37-22-24-39(25-23-37)59-63-51(38-12-2-1-3-13-38)29-30-52(64-59)58-57-46-34-40(27-31-53(46)65-54(57)32-33-62-58)41-26-28-45-44-16-6-7-17-47(44)60(50(45)35-41)48-18-8-10-20-55(48)66-56-21-11-9-19-49(56)60/h1-29,31-35H. The first kappa shape index (κ1) is 37.9. The van der Waals surface area contributed by atoms with E-state index in [2.05, 4.69) is 121 Å². The predicted octanol–water partition coefficient (Wildman–Crippen LogP) is 14.5. The van der Waals surface area contributed by atoms with Gasteiger partial charge in [-0.3, -0.25) is 4.98 Å². The van der Waals surface area contributed by atoms with Crippen LogP contribution in [0, 0.1) is 11.3 Å². The van der Waals surface area contributed by atoms with Crippen molar-refractivity contribution >= 4 is 50.9 Å². The van der Waals surface area contributed by atoms with Crippen LogP contribution in [-0.2, 0) is 5.41 Å². The van der Waals surface area contributed by atoms with E-state index in [4.69, 9.17) is 19.4 Å². The maximum absolute atomic E-state index is 9.80. The molecule has 13 rings (SSSR count). The summed E-state index contributed by atoms with van der Waals surface area (Å²) in [5.74, 6) is 0.523. The quantitative estimate of drug-likeness (QED) is 0.162. The summed E-state index contributed by atoms with van der Waals surface area (Å²) < 4.78 is 6.57. The van der Waals surface area contributed by atoms with Crippen LogP contribution >= 0.6 is 11.8 Å². The van der Waals surface area contributed by atoms with E-state index in [1.165, 1.54) is 43.2 Å². The van der Waals surface area contributed by atoms with Gasteiger partial charge in [0.25, 0.3) is 0 Å². The zero-order valence-electron chi connectivity index (χ0n) is 35.2. The minimum absolute atomic E-state index is 0.472. The molecule has 10 aromatic rings. The summed E-state index contributed by atoms with van der Waals surface area (Å²) in [6.07, 6.45) is 3.66. The number of furan rings is 1. The smallest absolute Gasteiger partial charge is 0.161 e. The molecule has 0 saturated carbocycles. The van der Waals surface area contributed by atoms with Gasteiger partial charge in [-0.25, -0.2) is 9.98 Å². The lowest BCUT2D eigenvalue weighted by Gasteiger charge is -2.39. The van der Waals surface area contributed by atoms with E-state index >= 15 is 0 Å². The van der Waals surface area contributed by atoms with Crippen LogP contribution in [0.25, 0.3) is 61.0 Å². The van der Waals surface area contributed by atoms with Crippen LogP contribution in [0.15, 0.2) is 236 Å². The van der Waals surface area contributed by atoms with Gasteiger partial charge in [0.1, 0.15) is 22.6 Å². The third kappa shape index (κ3) is 5.78. The predicted molar refractivity (Wildman–Crippen MR) is 266 cm³/mol. The molecule has 4 heterocycles. The number of fused-ring (bicyclic) bond motifs is 12. The second kappa shape index (κ2) is 15.0. The van der Waals surface area contributed by atoms with Crippen molar-refractivity contribution in [3.05, 3.63) is 257 Å². The number of aromatic nitrogens is 1. The summed E-state index contributed by atoms with van der Waals surface area (Å²) in [6, 6.07) is 70.2. The number of nitrogens with zero attached hydrogens (tertiary/aromatic N) is 4. The molecule has 6 heteroatoms. The van der Waals surface area contributed by atoms with Gasteiger partial charge < -0.3 is 4.42 Å². The number of allylic oxidation sites excluding steroid dienone is 1. The summed E-state index contributed by atoms with van der Waals surface area (Å²) in [7, 11) is 0. The summed E-state index contributed by atoms with van der Waals surface area (Å²) in [4.78, 5) is 17.9. The van der Waals surface area contributed by atoms with Crippen molar-refractivity contribution < 1.29 is 4.42 Å².